The summed E-state index contributed by atoms with van der Waals surface area (Å²) >= 11 is 6.10. The smallest absolute Gasteiger partial charge is 0.274 e. The van der Waals surface area contributed by atoms with E-state index >= 15 is 0 Å². The molecule has 6 heteroatoms. The zero-order valence-electron chi connectivity index (χ0n) is 13.3. The molecule has 1 aliphatic heterocycles. The van der Waals surface area contributed by atoms with Gasteiger partial charge in [0.15, 0.2) is 0 Å². The third kappa shape index (κ3) is 3.45. The highest BCUT2D eigenvalue weighted by molar-refractivity contribution is 6.30. The second-order valence-corrected chi connectivity index (χ2v) is 6.19. The molecule has 0 bridgehead atoms. The summed E-state index contributed by atoms with van der Waals surface area (Å²) < 4.78 is 0. The molecule has 1 aromatic carbocycles. The summed E-state index contributed by atoms with van der Waals surface area (Å²) in [6, 6.07) is 5.91. The minimum absolute atomic E-state index is 0.0522. The Labute approximate surface area is 140 Å². The van der Waals surface area contributed by atoms with Crippen molar-refractivity contribution in [2.24, 2.45) is 0 Å². The number of aryl methyl sites for hydroxylation is 2. The number of anilines is 1. The Morgan fingerprint density at radius 1 is 1.13 bits per heavy atom. The first-order chi connectivity index (χ1) is 11.0. The third-order valence-electron chi connectivity index (χ3n) is 4.05. The van der Waals surface area contributed by atoms with Gasteiger partial charge in [-0.2, -0.15) is 0 Å². The fourth-order valence-electron chi connectivity index (χ4n) is 2.80. The fourth-order valence-corrected chi connectivity index (χ4v) is 2.97. The van der Waals surface area contributed by atoms with Crippen LogP contribution in [0.15, 0.2) is 30.6 Å². The molecule has 23 heavy (non-hydrogen) atoms. The summed E-state index contributed by atoms with van der Waals surface area (Å²) in [4.78, 5) is 24.9. The molecule has 3 rings (SSSR count). The van der Waals surface area contributed by atoms with E-state index in [4.69, 9.17) is 11.6 Å². The molecule has 0 unspecified atom stereocenters. The van der Waals surface area contributed by atoms with E-state index in [-0.39, 0.29) is 5.91 Å². The van der Waals surface area contributed by atoms with E-state index in [2.05, 4.69) is 21.8 Å². The van der Waals surface area contributed by atoms with Crippen LogP contribution in [-0.2, 0) is 0 Å². The first kappa shape index (κ1) is 15.7. The van der Waals surface area contributed by atoms with Crippen LogP contribution in [0.5, 0.6) is 0 Å². The van der Waals surface area contributed by atoms with Crippen LogP contribution in [0.3, 0.4) is 0 Å². The molecule has 1 aliphatic rings. The van der Waals surface area contributed by atoms with Crippen LogP contribution in [0.25, 0.3) is 0 Å². The van der Waals surface area contributed by atoms with Gasteiger partial charge in [0.2, 0.25) is 0 Å². The van der Waals surface area contributed by atoms with Crippen molar-refractivity contribution in [1.29, 1.82) is 0 Å². The second kappa shape index (κ2) is 6.54. The van der Waals surface area contributed by atoms with Crippen molar-refractivity contribution in [3.8, 4) is 0 Å². The Morgan fingerprint density at radius 3 is 2.57 bits per heavy atom. The number of benzene rings is 1. The van der Waals surface area contributed by atoms with Crippen molar-refractivity contribution in [3.63, 3.8) is 0 Å². The molecule has 1 fully saturated rings. The molecule has 0 radical (unpaired) electrons. The Balaban J connectivity index is 1.69. The fraction of sp³-hybridized carbons (Fsp3) is 0.353. The van der Waals surface area contributed by atoms with Crippen LogP contribution in [0.4, 0.5) is 5.69 Å². The van der Waals surface area contributed by atoms with E-state index in [0.29, 0.717) is 18.8 Å². The Kier molecular flexibility index (Phi) is 4.48. The molecule has 0 atom stereocenters. The molecule has 2 aromatic rings. The highest BCUT2D eigenvalue weighted by atomic mass is 35.5. The summed E-state index contributed by atoms with van der Waals surface area (Å²) in [5.74, 6) is -0.0522. The molecule has 1 amide bonds. The van der Waals surface area contributed by atoms with Crippen molar-refractivity contribution in [2.45, 2.75) is 13.8 Å². The molecule has 0 spiro atoms. The lowest BCUT2D eigenvalue weighted by molar-refractivity contribution is 0.0740. The van der Waals surface area contributed by atoms with E-state index in [0.717, 1.165) is 29.5 Å². The number of halogens is 1. The number of piperazine rings is 1. The van der Waals surface area contributed by atoms with Gasteiger partial charge in [-0.1, -0.05) is 17.7 Å². The van der Waals surface area contributed by atoms with Gasteiger partial charge in [-0.3, -0.25) is 9.78 Å². The number of nitrogens with zero attached hydrogens (tertiary/aromatic N) is 4. The van der Waals surface area contributed by atoms with Crippen molar-refractivity contribution in [2.75, 3.05) is 31.1 Å². The number of aromatic nitrogens is 2. The summed E-state index contributed by atoms with van der Waals surface area (Å²) in [7, 11) is 0. The van der Waals surface area contributed by atoms with Gasteiger partial charge < -0.3 is 9.80 Å². The molecule has 0 N–H and O–H groups in total. The predicted molar refractivity (Wildman–Crippen MR) is 91.1 cm³/mol. The van der Waals surface area contributed by atoms with E-state index < -0.39 is 0 Å². The van der Waals surface area contributed by atoms with Gasteiger partial charge in [-0.05, 0) is 31.5 Å². The minimum Gasteiger partial charge on any atom is -0.368 e. The van der Waals surface area contributed by atoms with Gasteiger partial charge in [0.1, 0.15) is 5.69 Å². The topological polar surface area (TPSA) is 49.3 Å². The van der Waals surface area contributed by atoms with Crippen LogP contribution in [0, 0.1) is 13.8 Å². The largest absolute Gasteiger partial charge is 0.368 e. The molecule has 0 aliphatic carbocycles. The number of carbonyl (C=O) groups excluding carboxylic acids is 1. The van der Waals surface area contributed by atoms with Crippen LogP contribution >= 0.6 is 11.6 Å². The molecule has 1 aromatic heterocycles. The van der Waals surface area contributed by atoms with Gasteiger partial charge in [0.25, 0.3) is 5.91 Å². The lowest BCUT2D eigenvalue weighted by Crippen LogP contribution is -2.49. The predicted octanol–water partition coefficient (Wildman–Crippen LogP) is 2.71. The van der Waals surface area contributed by atoms with E-state index in [1.807, 2.05) is 30.0 Å². The monoisotopic (exact) mass is 330 g/mol. The molecule has 5 nitrogen and oxygen atoms in total. The van der Waals surface area contributed by atoms with Gasteiger partial charge in [0.05, 0.1) is 11.9 Å². The van der Waals surface area contributed by atoms with Gasteiger partial charge in [-0.25, -0.2) is 4.98 Å². The number of hydrogen-bond donors (Lipinski definition) is 0. The maximum Gasteiger partial charge on any atom is 0.274 e. The van der Waals surface area contributed by atoms with E-state index in [9.17, 15) is 4.79 Å². The third-order valence-corrected chi connectivity index (χ3v) is 4.29. The highest BCUT2D eigenvalue weighted by Gasteiger charge is 2.24. The van der Waals surface area contributed by atoms with Crippen LogP contribution in [-0.4, -0.2) is 47.0 Å². The first-order valence-corrected chi connectivity index (χ1v) is 8.01. The number of rotatable bonds is 2. The van der Waals surface area contributed by atoms with Crippen LogP contribution in [0.1, 0.15) is 21.7 Å². The van der Waals surface area contributed by atoms with Crippen molar-refractivity contribution >= 4 is 23.2 Å². The lowest BCUT2D eigenvalue weighted by atomic mass is 10.1. The van der Waals surface area contributed by atoms with Crippen LogP contribution in [0.2, 0.25) is 5.02 Å². The van der Waals surface area contributed by atoms with E-state index in [1.54, 1.807) is 6.20 Å². The molecular weight excluding hydrogens is 312 g/mol. The Bertz CT molecular complexity index is 726. The zero-order valence-corrected chi connectivity index (χ0v) is 14.0. The standard InChI is InChI=1S/C17H19ClN4O/c1-12-3-4-14(18)9-16(12)21-5-7-22(8-6-21)17(23)15-11-19-10-13(2)20-15/h3-4,9-11H,5-8H2,1-2H3. The average molecular weight is 331 g/mol. The Morgan fingerprint density at radius 2 is 1.87 bits per heavy atom. The molecule has 120 valence electrons. The minimum atomic E-state index is -0.0522. The maximum absolute atomic E-state index is 12.5. The van der Waals surface area contributed by atoms with Gasteiger partial charge >= 0.3 is 0 Å². The summed E-state index contributed by atoms with van der Waals surface area (Å²) in [6.45, 7) is 6.81. The zero-order chi connectivity index (χ0) is 16.4. The van der Waals surface area contributed by atoms with Crippen molar-refractivity contribution in [3.05, 3.63) is 52.6 Å². The quantitative estimate of drug-likeness (QED) is 0.849. The van der Waals surface area contributed by atoms with Crippen LogP contribution < -0.4 is 4.90 Å². The van der Waals surface area contributed by atoms with Gasteiger partial charge in [-0.15, -0.1) is 0 Å². The average Bonchev–Trinajstić information content (AvgIpc) is 2.56. The lowest BCUT2D eigenvalue weighted by Gasteiger charge is -2.36. The van der Waals surface area contributed by atoms with Gasteiger partial charge in [0, 0.05) is 43.1 Å². The molecule has 0 saturated carbocycles. The molecule has 2 heterocycles. The number of amides is 1. The second-order valence-electron chi connectivity index (χ2n) is 5.76. The Hall–Kier alpha value is -2.14. The van der Waals surface area contributed by atoms with Crippen molar-refractivity contribution < 1.29 is 4.79 Å². The highest BCUT2D eigenvalue weighted by Crippen LogP contribution is 2.25. The molecule has 1 saturated heterocycles. The number of carbonyl (C=O) groups is 1. The summed E-state index contributed by atoms with van der Waals surface area (Å²) in [5, 5.41) is 0.735. The maximum atomic E-state index is 12.5. The number of hydrogen-bond acceptors (Lipinski definition) is 4. The normalized spacial score (nSPS) is 14.9. The first-order valence-electron chi connectivity index (χ1n) is 7.63. The summed E-state index contributed by atoms with van der Waals surface area (Å²) in [6.07, 6.45) is 3.18. The van der Waals surface area contributed by atoms with Crippen molar-refractivity contribution in [1.82, 2.24) is 14.9 Å². The van der Waals surface area contributed by atoms with E-state index in [1.165, 1.54) is 11.8 Å². The molecular formula is C17H19ClN4O. The summed E-state index contributed by atoms with van der Waals surface area (Å²) in [5.41, 5.74) is 3.50. The SMILES string of the molecule is Cc1cncc(C(=O)N2CCN(c3cc(Cl)ccc3C)CC2)n1.